The van der Waals surface area contributed by atoms with Gasteiger partial charge in [0.25, 0.3) is 5.91 Å². The molecule has 1 aromatic heterocycles. The van der Waals surface area contributed by atoms with Gasteiger partial charge in [-0.2, -0.15) is 5.26 Å². The van der Waals surface area contributed by atoms with E-state index in [1.165, 1.54) is 0 Å². The first-order valence-corrected chi connectivity index (χ1v) is 7.25. The molecule has 0 saturated heterocycles. The van der Waals surface area contributed by atoms with Gasteiger partial charge >= 0.3 is 0 Å². The van der Waals surface area contributed by atoms with Crippen LogP contribution in [-0.4, -0.2) is 10.9 Å². The Hall–Kier alpha value is -3.65. The average Bonchev–Trinajstić information content (AvgIpc) is 2.63. The first kappa shape index (κ1) is 15.3. The molecule has 5 heteroatoms. The lowest BCUT2D eigenvalue weighted by atomic mass is 10.1. The first-order chi connectivity index (χ1) is 11.7. The summed E-state index contributed by atoms with van der Waals surface area (Å²) >= 11 is 0. The molecule has 3 rings (SSSR count). The Bertz CT molecular complexity index is 884. The third-order valence-electron chi connectivity index (χ3n) is 3.23. The summed E-state index contributed by atoms with van der Waals surface area (Å²) in [6.45, 7) is 0. The maximum absolute atomic E-state index is 12.2. The fourth-order valence-electron chi connectivity index (χ4n) is 2.05. The van der Waals surface area contributed by atoms with Crippen molar-refractivity contribution in [3.8, 4) is 17.7 Å². The van der Waals surface area contributed by atoms with Gasteiger partial charge in [-0.15, -0.1) is 0 Å². The molecule has 0 radical (unpaired) electrons. The van der Waals surface area contributed by atoms with E-state index in [1.54, 1.807) is 42.6 Å². The predicted molar refractivity (Wildman–Crippen MR) is 89.9 cm³/mol. The predicted octanol–water partition coefficient (Wildman–Crippen LogP) is 4.00. The second kappa shape index (κ2) is 7.07. The van der Waals surface area contributed by atoms with Crippen LogP contribution in [0.4, 0.5) is 5.69 Å². The van der Waals surface area contributed by atoms with Crippen LogP contribution >= 0.6 is 0 Å². The number of nitrogens with zero attached hydrogens (tertiary/aromatic N) is 2. The quantitative estimate of drug-likeness (QED) is 0.789. The van der Waals surface area contributed by atoms with Crippen LogP contribution in [0.15, 0.2) is 72.9 Å². The molecular formula is C19H13N3O2. The van der Waals surface area contributed by atoms with E-state index in [0.29, 0.717) is 28.4 Å². The number of anilines is 1. The molecule has 0 spiro atoms. The van der Waals surface area contributed by atoms with Crippen LogP contribution in [0.1, 0.15) is 15.9 Å². The summed E-state index contributed by atoms with van der Waals surface area (Å²) in [6, 6.07) is 21.0. The Labute approximate surface area is 139 Å². The molecule has 1 heterocycles. The topological polar surface area (TPSA) is 75.0 Å². The van der Waals surface area contributed by atoms with Crippen LogP contribution in [0.25, 0.3) is 0 Å². The zero-order valence-electron chi connectivity index (χ0n) is 12.6. The molecule has 0 aliphatic carbocycles. The van der Waals surface area contributed by atoms with E-state index >= 15 is 0 Å². The maximum Gasteiger partial charge on any atom is 0.255 e. The van der Waals surface area contributed by atoms with Crippen molar-refractivity contribution >= 4 is 11.6 Å². The van der Waals surface area contributed by atoms with Gasteiger partial charge in [0, 0.05) is 23.5 Å². The van der Waals surface area contributed by atoms with Crippen molar-refractivity contribution in [1.29, 1.82) is 5.26 Å². The molecule has 0 bridgehead atoms. The monoisotopic (exact) mass is 315 g/mol. The number of carbonyl (C=O) groups excluding carboxylic acids is 1. The van der Waals surface area contributed by atoms with E-state index < -0.39 is 0 Å². The van der Waals surface area contributed by atoms with Gasteiger partial charge in [0.05, 0.1) is 11.6 Å². The maximum atomic E-state index is 12.2. The van der Waals surface area contributed by atoms with Crippen LogP contribution in [0, 0.1) is 11.3 Å². The van der Waals surface area contributed by atoms with Gasteiger partial charge in [0.2, 0.25) is 5.88 Å². The minimum atomic E-state index is -0.267. The summed E-state index contributed by atoms with van der Waals surface area (Å²) in [5.74, 6) is 0.788. The Balaban J connectivity index is 1.72. The Morgan fingerprint density at radius 3 is 2.50 bits per heavy atom. The molecule has 5 nitrogen and oxygen atoms in total. The van der Waals surface area contributed by atoms with Crippen molar-refractivity contribution in [3.05, 3.63) is 84.1 Å². The molecule has 0 saturated carbocycles. The van der Waals surface area contributed by atoms with Gasteiger partial charge in [-0.05, 0) is 42.5 Å². The van der Waals surface area contributed by atoms with Gasteiger partial charge in [-0.25, -0.2) is 4.98 Å². The third kappa shape index (κ3) is 3.76. The lowest BCUT2D eigenvalue weighted by Crippen LogP contribution is -2.11. The Morgan fingerprint density at radius 1 is 1.04 bits per heavy atom. The molecule has 1 N–H and O–H groups in total. The van der Waals surface area contributed by atoms with Crippen LogP contribution in [-0.2, 0) is 0 Å². The zero-order valence-corrected chi connectivity index (χ0v) is 12.6. The molecule has 2 aromatic carbocycles. The number of carbonyl (C=O) groups is 1. The van der Waals surface area contributed by atoms with E-state index in [4.69, 9.17) is 10.00 Å². The third-order valence-corrected chi connectivity index (χ3v) is 3.23. The standard InChI is InChI=1S/C19H13N3O2/c20-13-14-6-8-15(9-7-14)19(23)22-16-10-11-21-18(12-16)24-17-4-2-1-3-5-17/h1-12H,(H,21,22,23). The number of pyridine rings is 1. The molecule has 24 heavy (non-hydrogen) atoms. The summed E-state index contributed by atoms with van der Waals surface area (Å²) in [5.41, 5.74) is 1.55. The number of rotatable bonds is 4. The minimum absolute atomic E-state index is 0.267. The van der Waals surface area contributed by atoms with E-state index in [1.807, 2.05) is 36.4 Å². The second-order valence-electron chi connectivity index (χ2n) is 4.94. The fraction of sp³-hybridized carbons (Fsp3) is 0. The number of nitrogens with one attached hydrogen (secondary N) is 1. The minimum Gasteiger partial charge on any atom is -0.439 e. The molecule has 1 amide bonds. The summed E-state index contributed by atoms with van der Waals surface area (Å²) in [5, 5.41) is 11.6. The fourth-order valence-corrected chi connectivity index (χ4v) is 2.05. The van der Waals surface area contributed by atoms with E-state index in [-0.39, 0.29) is 5.91 Å². The van der Waals surface area contributed by atoms with Gasteiger partial charge < -0.3 is 10.1 Å². The van der Waals surface area contributed by atoms with Gasteiger partial charge in [-0.3, -0.25) is 4.79 Å². The van der Waals surface area contributed by atoms with E-state index in [0.717, 1.165) is 0 Å². The summed E-state index contributed by atoms with van der Waals surface area (Å²) in [6.07, 6.45) is 1.56. The molecule has 3 aromatic rings. The number of nitriles is 1. The lowest BCUT2D eigenvalue weighted by Gasteiger charge is -2.08. The normalized spacial score (nSPS) is 9.79. The van der Waals surface area contributed by atoms with Gasteiger partial charge in [-0.1, -0.05) is 18.2 Å². The van der Waals surface area contributed by atoms with Gasteiger partial charge in [0.15, 0.2) is 0 Å². The highest BCUT2D eigenvalue weighted by Gasteiger charge is 2.07. The van der Waals surface area contributed by atoms with Crippen molar-refractivity contribution in [1.82, 2.24) is 4.98 Å². The second-order valence-corrected chi connectivity index (χ2v) is 4.94. The number of hydrogen-bond donors (Lipinski definition) is 1. The Kier molecular flexibility index (Phi) is 4.50. The summed E-state index contributed by atoms with van der Waals surface area (Å²) in [7, 11) is 0. The zero-order chi connectivity index (χ0) is 16.8. The number of para-hydroxylation sites is 1. The van der Waals surface area contributed by atoms with Crippen LogP contribution < -0.4 is 10.1 Å². The number of aromatic nitrogens is 1. The summed E-state index contributed by atoms with van der Waals surface area (Å²) in [4.78, 5) is 16.4. The molecule has 0 fully saturated rings. The van der Waals surface area contributed by atoms with Gasteiger partial charge in [0.1, 0.15) is 5.75 Å². The SMILES string of the molecule is N#Cc1ccc(C(=O)Nc2ccnc(Oc3ccccc3)c2)cc1. The highest BCUT2D eigenvalue weighted by molar-refractivity contribution is 6.04. The molecule has 0 aliphatic rings. The molecule has 0 atom stereocenters. The van der Waals surface area contributed by atoms with Crippen LogP contribution in [0.3, 0.4) is 0 Å². The molecule has 0 aliphatic heterocycles. The number of hydrogen-bond acceptors (Lipinski definition) is 4. The van der Waals surface area contributed by atoms with E-state index in [9.17, 15) is 4.79 Å². The lowest BCUT2D eigenvalue weighted by molar-refractivity contribution is 0.102. The van der Waals surface area contributed by atoms with Crippen molar-refractivity contribution in [2.45, 2.75) is 0 Å². The Morgan fingerprint density at radius 2 is 1.79 bits per heavy atom. The van der Waals surface area contributed by atoms with E-state index in [2.05, 4.69) is 10.3 Å². The van der Waals surface area contributed by atoms with Crippen LogP contribution in [0.2, 0.25) is 0 Å². The number of amides is 1. The van der Waals surface area contributed by atoms with Crippen molar-refractivity contribution in [2.75, 3.05) is 5.32 Å². The molecule has 116 valence electrons. The largest absolute Gasteiger partial charge is 0.439 e. The van der Waals surface area contributed by atoms with Crippen molar-refractivity contribution in [3.63, 3.8) is 0 Å². The first-order valence-electron chi connectivity index (χ1n) is 7.25. The smallest absolute Gasteiger partial charge is 0.255 e. The molecule has 0 unspecified atom stereocenters. The highest BCUT2D eigenvalue weighted by atomic mass is 16.5. The number of benzene rings is 2. The molecular weight excluding hydrogens is 302 g/mol. The van der Waals surface area contributed by atoms with Crippen molar-refractivity contribution in [2.24, 2.45) is 0 Å². The van der Waals surface area contributed by atoms with Crippen LogP contribution in [0.5, 0.6) is 11.6 Å². The average molecular weight is 315 g/mol. The van der Waals surface area contributed by atoms with Crippen molar-refractivity contribution < 1.29 is 9.53 Å². The highest BCUT2D eigenvalue weighted by Crippen LogP contribution is 2.21. The summed E-state index contributed by atoms with van der Waals surface area (Å²) < 4.78 is 5.64. The number of ether oxygens (including phenoxy) is 1.